The smallest absolute Gasteiger partial charge is 0.406 e. The highest BCUT2D eigenvalue weighted by Crippen LogP contribution is 2.45. The Morgan fingerprint density at radius 1 is 1.37 bits per heavy atom. The third-order valence-corrected chi connectivity index (χ3v) is 6.47. The molecule has 188 valence electrons. The van der Waals surface area contributed by atoms with Crippen LogP contribution in [-0.4, -0.2) is 54.8 Å². The molecule has 0 saturated carbocycles. The van der Waals surface area contributed by atoms with Crippen molar-refractivity contribution < 1.29 is 32.6 Å². The summed E-state index contributed by atoms with van der Waals surface area (Å²) < 4.78 is 41.4. The summed E-state index contributed by atoms with van der Waals surface area (Å²) in [6.07, 6.45) is -0.276. The van der Waals surface area contributed by atoms with Crippen LogP contribution in [-0.2, 0) is 39.0 Å². The summed E-state index contributed by atoms with van der Waals surface area (Å²) in [5.74, 6) is -0.604. The lowest BCUT2D eigenvalue weighted by Gasteiger charge is -2.24. The number of esters is 1. The largest absolute Gasteiger partial charge is 0.468 e. The van der Waals surface area contributed by atoms with Gasteiger partial charge in [-0.1, -0.05) is 30.3 Å². The summed E-state index contributed by atoms with van der Waals surface area (Å²) in [4.78, 5) is 28.0. The fourth-order valence-electron chi connectivity index (χ4n) is 3.17. The summed E-state index contributed by atoms with van der Waals surface area (Å²) in [6.45, 7) is -0.559. The molecule has 1 aromatic carbocycles. The standard InChI is InChI=1S/C21H26N5O8P/c1-30-20(27)16(12-15-6-3-2-4-7-15)25-35(29,32-11-5-9-22)33-14-19-31-13-18(34-19)26-10-8-17(23)24-21(26)28/h2-4,6-8,10,16,18-19H,5,11-14H2,1H3,(H,25,29)(H2,23,24,28)/t16-,18-,19?,35?/m0/s1. The minimum Gasteiger partial charge on any atom is -0.468 e. The number of anilines is 1. The first-order valence-corrected chi connectivity index (χ1v) is 12.1. The van der Waals surface area contributed by atoms with Gasteiger partial charge < -0.3 is 19.9 Å². The van der Waals surface area contributed by atoms with E-state index in [-0.39, 0.29) is 38.5 Å². The lowest BCUT2D eigenvalue weighted by molar-refractivity contribution is -0.142. The Kier molecular flexibility index (Phi) is 9.50. The van der Waals surface area contributed by atoms with Crippen molar-refractivity contribution in [2.75, 3.05) is 32.7 Å². The zero-order chi connectivity index (χ0) is 25.3. The molecule has 0 radical (unpaired) electrons. The van der Waals surface area contributed by atoms with E-state index in [4.69, 9.17) is 34.3 Å². The summed E-state index contributed by atoms with van der Waals surface area (Å²) in [6, 6.07) is 11.3. The number of carbonyl (C=O) groups is 1. The molecule has 0 spiro atoms. The van der Waals surface area contributed by atoms with Crippen LogP contribution < -0.4 is 16.5 Å². The maximum absolute atomic E-state index is 13.4. The highest BCUT2D eigenvalue weighted by molar-refractivity contribution is 7.51. The average molecular weight is 507 g/mol. The first kappa shape index (κ1) is 26.5. The number of aromatic nitrogens is 2. The number of hydrogen-bond acceptors (Lipinski definition) is 11. The third kappa shape index (κ3) is 7.69. The van der Waals surface area contributed by atoms with Crippen LogP contribution >= 0.6 is 7.75 Å². The van der Waals surface area contributed by atoms with E-state index < -0.39 is 38.0 Å². The maximum atomic E-state index is 13.4. The molecule has 14 heteroatoms. The van der Waals surface area contributed by atoms with Gasteiger partial charge in [0.1, 0.15) is 18.5 Å². The predicted molar refractivity (Wildman–Crippen MR) is 122 cm³/mol. The molecule has 3 N–H and O–H groups in total. The number of methoxy groups -OCH3 is 1. The number of nitrogen functional groups attached to an aromatic ring is 1. The number of rotatable bonds is 12. The number of hydrogen-bond donors (Lipinski definition) is 2. The van der Waals surface area contributed by atoms with Gasteiger partial charge in [-0.3, -0.25) is 18.4 Å². The predicted octanol–water partition coefficient (Wildman–Crippen LogP) is 1.13. The quantitative estimate of drug-likeness (QED) is 0.238. The number of benzene rings is 1. The van der Waals surface area contributed by atoms with E-state index >= 15 is 0 Å². The number of ether oxygens (including phenoxy) is 3. The SMILES string of the molecule is COC(=O)[C@H](Cc1ccccc1)NP(=O)(OCCC#N)OCC1OC[C@@H](n2ccc(N)nc2=O)O1. The first-order valence-electron chi connectivity index (χ1n) is 10.6. The molecule has 1 saturated heterocycles. The number of nitrogens with zero attached hydrogens (tertiary/aromatic N) is 3. The fourth-order valence-corrected chi connectivity index (χ4v) is 4.62. The Hall–Kier alpha value is -3.11. The number of nitriles is 1. The van der Waals surface area contributed by atoms with Crippen molar-refractivity contribution in [1.29, 1.82) is 5.26 Å². The van der Waals surface area contributed by atoms with E-state index in [0.717, 1.165) is 5.56 Å². The van der Waals surface area contributed by atoms with Crippen LogP contribution in [0.1, 0.15) is 18.2 Å². The van der Waals surface area contributed by atoms with Gasteiger partial charge in [-0.05, 0) is 18.1 Å². The fraction of sp³-hybridized carbons (Fsp3) is 0.429. The number of carbonyl (C=O) groups excluding carboxylic acids is 1. The molecule has 1 aliphatic heterocycles. The van der Waals surface area contributed by atoms with Gasteiger partial charge >= 0.3 is 19.4 Å². The Balaban J connectivity index is 1.67. The molecule has 4 atom stereocenters. The number of nitrogens with one attached hydrogen (secondary N) is 1. The van der Waals surface area contributed by atoms with Crippen molar-refractivity contribution in [3.63, 3.8) is 0 Å². The lowest BCUT2D eigenvalue weighted by atomic mass is 10.1. The Labute approximate surface area is 201 Å². The van der Waals surface area contributed by atoms with Crippen LogP contribution in [0.25, 0.3) is 0 Å². The van der Waals surface area contributed by atoms with Gasteiger partial charge in [-0.2, -0.15) is 10.2 Å². The van der Waals surface area contributed by atoms with E-state index in [1.165, 1.54) is 23.9 Å². The third-order valence-electron chi connectivity index (χ3n) is 4.83. The molecule has 1 fully saturated rings. The monoisotopic (exact) mass is 507 g/mol. The molecule has 0 bridgehead atoms. The lowest BCUT2D eigenvalue weighted by Crippen LogP contribution is -2.39. The molecule has 1 aliphatic rings. The molecule has 35 heavy (non-hydrogen) atoms. The second-order valence-electron chi connectivity index (χ2n) is 7.33. The zero-order valence-corrected chi connectivity index (χ0v) is 19.8. The Morgan fingerprint density at radius 2 is 2.14 bits per heavy atom. The van der Waals surface area contributed by atoms with Gasteiger partial charge in [0.05, 0.1) is 32.8 Å². The molecular weight excluding hydrogens is 481 g/mol. The van der Waals surface area contributed by atoms with E-state index in [9.17, 15) is 14.2 Å². The van der Waals surface area contributed by atoms with Crippen LogP contribution in [0.3, 0.4) is 0 Å². The normalized spacial score (nSPS) is 20.0. The number of nitrogens with two attached hydrogens (primary N) is 1. The van der Waals surface area contributed by atoms with Gasteiger partial charge in [0, 0.05) is 6.20 Å². The molecule has 2 unspecified atom stereocenters. The van der Waals surface area contributed by atoms with Gasteiger partial charge in [0.25, 0.3) is 0 Å². The van der Waals surface area contributed by atoms with E-state index in [1.54, 1.807) is 24.3 Å². The molecule has 2 aromatic rings. The van der Waals surface area contributed by atoms with Gasteiger partial charge in [-0.25, -0.2) is 14.4 Å². The van der Waals surface area contributed by atoms with Crippen LogP contribution in [0.4, 0.5) is 5.82 Å². The highest BCUT2D eigenvalue weighted by Gasteiger charge is 2.36. The van der Waals surface area contributed by atoms with Crippen molar-refractivity contribution >= 4 is 19.5 Å². The van der Waals surface area contributed by atoms with Crippen molar-refractivity contribution in [2.24, 2.45) is 0 Å². The second kappa shape index (κ2) is 12.6. The van der Waals surface area contributed by atoms with E-state index in [2.05, 4.69) is 10.1 Å². The van der Waals surface area contributed by atoms with Crippen molar-refractivity contribution in [3.05, 3.63) is 58.6 Å². The first-order chi connectivity index (χ1) is 16.8. The maximum Gasteiger partial charge on any atom is 0.406 e. The van der Waals surface area contributed by atoms with Crippen LogP contribution in [0.2, 0.25) is 0 Å². The van der Waals surface area contributed by atoms with Crippen molar-refractivity contribution in [2.45, 2.75) is 31.4 Å². The Morgan fingerprint density at radius 3 is 2.83 bits per heavy atom. The highest BCUT2D eigenvalue weighted by atomic mass is 31.2. The minimum absolute atomic E-state index is 0.00530. The summed E-state index contributed by atoms with van der Waals surface area (Å²) in [5, 5.41) is 11.4. The summed E-state index contributed by atoms with van der Waals surface area (Å²) >= 11 is 0. The molecule has 3 rings (SSSR count). The van der Waals surface area contributed by atoms with Gasteiger partial charge in [0.15, 0.2) is 12.5 Å². The molecule has 1 aromatic heterocycles. The van der Waals surface area contributed by atoms with E-state index in [0.29, 0.717) is 0 Å². The van der Waals surface area contributed by atoms with E-state index in [1.807, 2.05) is 12.1 Å². The zero-order valence-electron chi connectivity index (χ0n) is 18.9. The van der Waals surface area contributed by atoms with Gasteiger partial charge in [0.2, 0.25) is 0 Å². The molecular formula is C21H26N5O8P. The van der Waals surface area contributed by atoms with Crippen molar-refractivity contribution in [3.8, 4) is 6.07 Å². The van der Waals surface area contributed by atoms with Crippen LogP contribution in [0, 0.1) is 11.3 Å². The second-order valence-corrected chi connectivity index (χ2v) is 9.09. The topological polar surface area (TPSA) is 177 Å². The van der Waals surface area contributed by atoms with Gasteiger partial charge in [-0.15, -0.1) is 0 Å². The van der Waals surface area contributed by atoms with Crippen molar-refractivity contribution in [1.82, 2.24) is 14.6 Å². The average Bonchev–Trinajstić information content (AvgIpc) is 3.31. The van der Waals surface area contributed by atoms with Crippen LogP contribution in [0.15, 0.2) is 47.4 Å². The summed E-state index contributed by atoms with van der Waals surface area (Å²) in [5.41, 5.74) is 5.66. The Bertz CT molecular complexity index is 1140. The molecule has 0 amide bonds. The minimum atomic E-state index is -4.13. The van der Waals surface area contributed by atoms with Crippen LogP contribution in [0.5, 0.6) is 0 Å². The summed E-state index contributed by atoms with van der Waals surface area (Å²) in [7, 11) is -2.92. The molecule has 0 aliphatic carbocycles. The molecule has 2 heterocycles. The molecule has 13 nitrogen and oxygen atoms in total.